The molecular formula is C23H24N4O2. The summed E-state index contributed by atoms with van der Waals surface area (Å²) in [5, 5.41) is 6.06. The Hall–Kier alpha value is -3.54. The number of Topliss-reactive ketones (excluding diaryl/α,β-unsaturated/α-hetero) is 1. The Morgan fingerprint density at radius 1 is 1.00 bits per heavy atom. The lowest BCUT2D eigenvalue weighted by Gasteiger charge is -2.16. The number of carbonyl (C=O) groups excluding carboxylic acids is 2. The maximum absolute atomic E-state index is 12.7. The Balaban J connectivity index is 1.75. The number of benzene rings is 2. The molecule has 1 aromatic heterocycles. The van der Waals surface area contributed by atoms with Crippen molar-refractivity contribution in [3.63, 3.8) is 0 Å². The van der Waals surface area contributed by atoms with Crippen LogP contribution in [0.15, 0.2) is 54.9 Å². The van der Waals surface area contributed by atoms with Crippen molar-refractivity contribution in [2.24, 2.45) is 0 Å². The van der Waals surface area contributed by atoms with E-state index < -0.39 is 0 Å². The molecule has 0 saturated heterocycles. The van der Waals surface area contributed by atoms with Gasteiger partial charge in [0.15, 0.2) is 5.78 Å². The van der Waals surface area contributed by atoms with E-state index in [1.54, 1.807) is 18.2 Å². The summed E-state index contributed by atoms with van der Waals surface area (Å²) in [6.45, 7) is 7.67. The van der Waals surface area contributed by atoms with Crippen LogP contribution in [0.25, 0.3) is 0 Å². The van der Waals surface area contributed by atoms with Crippen LogP contribution >= 0.6 is 0 Å². The van der Waals surface area contributed by atoms with E-state index in [9.17, 15) is 9.59 Å². The molecule has 1 amide bonds. The van der Waals surface area contributed by atoms with E-state index in [2.05, 4.69) is 34.4 Å². The fraction of sp³-hybridized carbons (Fsp3) is 0.217. The third-order valence-electron chi connectivity index (χ3n) is 4.59. The zero-order valence-electron chi connectivity index (χ0n) is 17.0. The number of para-hydroxylation sites is 1. The van der Waals surface area contributed by atoms with Crippen LogP contribution in [0.3, 0.4) is 0 Å². The average molecular weight is 388 g/mol. The molecule has 2 aromatic carbocycles. The van der Waals surface area contributed by atoms with Crippen LogP contribution in [-0.4, -0.2) is 21.7 Å². The number of ketones is 1. The van der Waals surface area contributed by atoms with E-state index >= 15 is 0 Å². The Morgan fingerprint density at radius 2 is 1.76 bits per heavy atom. The summed E-state index contributed by atoms with van der Waals surface area (Å²) in [5.41, 5.74) is 4.46. The minimum absolute atomic E-state index is 0.0104. The molecule has 0 aliphatic heterocycles. The smallest absolute Gasteiger partial charge is 0.275 e. The summed E-state index contributed by atoms with van der Waals surface area (Å²) >= 11 is 0. The van der Waals surface area contributed by atoms with Gasteiger partial charge in [-0.3, -0.25) is 9.59 Å². The summed E-state index contributed by atoms with van der Waals surface area (Å²) in [7, 11) is 0. The molecule has 6 nitrogen and oxygen atoms in total. The maximum atomic E-state index is 12.7. The molecule has 0 aliphatic rings. The first kappa shape index (κ1) is 20.2. The summed E-state index contributed by atoms with van der Waals surface area (Å²) in [5.74, 6) is 0.456. The number of carbonyl (C=O) groups is 2. The van der Waals surface area contributed by atoms with E-state index in [4.69, 9.17) is 0 Å². The molecule has 6 heteroatoms. The lowest BCUT2D eigenvalue weighted by Crippen LogP contribution is -2.16. The first-order valence-corrected chi connectivity index (χ1v) is 9.46. The van der Waals surface area contributed by atoms with Gasteiger partial charge in [-0.25, -0.2) is 9.97 Å². The van der Waals surface area contributed by atoms with Gasteiger partial charge in [0.2, 0.25) is 0 Å². The van der Waals surface area contributed by atoms with Crippen molar-refractivity contribution in [2.45, 2.75) is 33.6 Å². The quantitative estimate of drug-likeness (QED) is 0.574. The van der Waals surface area contributed by atoms with Crippen molar-refractivity contribution < 1.29 is 9.59 Å². The maximum Gasteiger partial charge on any atom is 0.275 e. The number of aryl methyl sites for hydroxylation is 1. The van der Waals surface area contributed by atoms with Gasteiger partial charge in [0.25, 0.3) is 5.91 Å². The standard InChI is InChI=1S/C23H24N4O2/c1-14(2)19-10-5-7-15(3)22(19)27-23(29)20-12-25-21(13-24-20)26-18-9-6-8-17(11-18)16(4)28/h5-14H,1-4H3,(H,25,26)(H,27,29). The van der Waals surface area contributed by atoms with Gasteiger partial charge < -0.3 is 10.6 Å². The highest BCUT2D eigenvalue weighted by Crippen LogP contribution is 2.27. The Kier molecular flexibility index (Phi) is 6.02. The predicted molar refractivity (Wildman–Crippen MR) is 115 cm³/mol. The van der Waals surface area contributed by atoms with Crippen molar-refractivity contribution >= 4 is 28.9 Å². The second-order valence-corrected chi connectivity index (χ2v) is 7.20. The minimum Gasteiger partial charge on any atom is -0.339 e. The third kappa shape index (κ3) is 4.85. The number of nitrogens with one attached hydrogen (secondary N) is 2. The second kappa shape index (κ2) is 8.65. The van der Waals surface area contributed by atoms with Crippen molar-refractivity contribution in [1.82, 2.24) is 9.97 Å². The predicted octanol–water partition coefficient (Wildman–Crippen LogP) is 5.11. The fourth-order valence-electron chi connectivity index (χ4n) is 2.99. The summed E-state index contributed by atoms with van der Waals surface area (Å²) in [4.78, 5) is 32.7. The summed E-state index contributed by atoms with van der Waals surface area (Å²) in [6, 6.07) is 13.1. The van der Waals surface area contributed by atoms with Crippen molar-refractivity contribution in [3.8, 4) is 0 Å². The van der Waals surface area contributed by atoms with Crippen LogP contribution in [0.4, 0.5) is 17.2 Å². The number of rotatable bonds is 6. The lowest BCUT2D eigenvalue weighted by atomic mass is 9.98. The van der Waals surface area contributed by atoms with Crippen molar-refractivity contribution in [2.75, 3.05) is 10.6 Å². The number of nitrogens with zero attached hydrogens (tertiary/aromatic N) is 2. The number of hydrogen-bond acceptors (Lipinski definition) is 5. The second-order valence-electron chi connectivity index (χ2n) is 7.20. The molecule has 148 valence electrons. The summed E-state index contributed by atoms with van der Waals surface area (Å²) in [6.07, 6.45) is 2.93. The van der Waals surface area contributed by atoms with E-state index in [0.717, 1.165) is 22.5 Å². The minimum atomic E-state index is -0.307. The highest BCUT2D eigenvalue weighted by molar-refractivity contribution is 6.03. The van der Waals surface area contributed by atoms with E-state index in [1.807, 2.05) is 31.2 Å². The van der Waals surface area contributed by atoms with Gasteiger partial charge in [-0.1, -0.05) is 44.2 Å². The van der Waals surface area contributed by atoms with Gasteiger partial charge in [-0.2, -0.15) is 0 Å². The molecule has 0 aliphatic carbocycles. The van der Waals surface area contributed by atoms with Crippen molar-refractivity contribution in [3.05, 3.63) is 77.2 Å². The van der Waals surface area contributed by atoms with Gasteiger partial charge in [0, 0.05) is 16.9 Å². The Labute approximate surface area is 170 Å². The van der Waals surface area contributed by atoms with E-state index in [1.165, 1.54) is 19.3 Å². The van der Waals surface area contributed by atoms with Crippen molar-refractivity contribution in [1.29, 1.82) is 0 Å². The van der Waals surface area contributed by atoms with Crippen LogP contribution in [-0.2, 0) is 0 Å². The summed E-state index contributed by atoms with van der Waals surface area (Å²) < 4.78 is 0. The van der Waals surface area contributed by atoms with E-state index in [0.29, 0.717) is 11.4 Å². The SMILES string of the molecule is CC(=O)c1cccc(Nc2cnc(C(=O)Nc3c(C)cccc3C(C)C)cn2)c1. The highest BCUT2D eigenvalue weighted by atomic mass is 16.2. The molecule has 3 aromatic rings. The van der Waals surface area contributed by atoms with Gasteiger partial charge >= 0.3 is 0 Å². The lowest BCUT2D eigenvalue weighted by molar-refractivity contribution is 0.101. The zero-order valence-corrected chi connectivity index (χ0v) is 17.0. The normalized spacial score (nSPS) is 10.7. The monoisotopic (exact) mass is 388 g/mol. The topological polar surface area (TPSA) is 84.0 Å². The van der Waals surface area contributed by atoms with Gasteiger partial charge in [0.1, 0.15) is 11.5 Å². The fourth-order valence-corrected chi connectivity index (χ4v) is 2.99. The molecule has 3 rings (SSSR count). The van der Waals surface area contributed by atoms with E-state index in [-0.39, 0.29) is 23.3 Å². The number of amides is 1. The highest BCUT2D eigenvalue weighted by Gasteiger charge is 2.14. The van der Waals surface area contributed by atoms with Gasteiger partial charge in [-0.15, -0.1) is 0 Å². The van der Waals surface area contributed by atoms with Crippen LogP contribution in [0.2, 0.25) is 0 Å². The van der Waals surface area contributed by atoms with Gasteiger partial charge in [-0.05, 0) is 43.0 Å². The molecule has 2 N–H and O–H groups in total. The molecule has 0 fully saturated rings. The molecule has 29 heavy (non-hydrogen) atoms. The van der Waals surface area contributed by atoms with Gasteiger partial charge in [0.05, 0.1) is 12.4 Å². The van der Waals surface area contributed by atoms with Crippen LogP contribution in [0, 0.1) is 6.92 Å². The molecule has 1 heterocycles. The molecule has 0 spiro atoms. The molecule has 0 saturated carbocycles. The number of aromatic nitrogens is 2. The number of anilines is 3. The van der Waals surface area contributed by atoms with Crippen LogP contribution in [0.1, 0.15) is 58.7 Å². The zero-order chi connectivity index (χ0) is 21.0. The molecule has 0 radical (unpaired) electrons. The molecule has 0 bridgehead atoms. The van der Waals surface area contributed by atoms with Crippen LogP contribution in [0.5, 0.6) is 0 Å². The molecular weight excluding hydrogens is 364 g/mol. The largest absolute Gasteiger partial charge is 0.339 e. The first-order valence-electron chi connectivity index (χ1n) is 9.46. The molecule has 0 unspecified atom stereocenters. The number of hydrogen-bond donors (Lipinski definition) is 2. The Morgan fingerprint density at radius 3 is 2.41 bits per heavy atom. The molecule has 0 atom stereocenters. The average Bonchev–Trinajstić information content (AvgIpc) is 2.70. The Bertz CT molecular complexity index is 1040. The third-order valence-corrected chi connectivity index (χ3v) is 4.59. The van der Waals surface area contributed by atoms with Crippen LogP contribution < -0.4 is 10.6 Å². The first-order chi connectivity index (χ1) is 13.8.